The Balaban J connectivity index is 2.25. The van der Waals surface area contributed by atoms with E-state index < -0.39 is 6.09 Å². The number of anilines is 2. The molecule has 2 rings (SSSR count). The van der Waals surface area contributed by atoms with Crippen molar-refractivity contribution in [2.75, 3.05) is 31.0 Å². The zero-order valence-electron chi connectivity index (χ0n) is 11.6. The monoisotopic (exact) mass is 278 g/mol. The van der Waals surface area contributed by atoms with Gasteiger partial charge in [-0.05, 0) is 25.0 Å². The molecule has 1 aromatic carbocycles. The number of nitrogens with one attached hydrogen (secondary N) is 1. The number of rotatable bonds is 3. The van der Waals surface area contributed by atoms with E-state index in [2.05, 4.69) is 10.1 Å². The quantitative estimate of drug-likeness (QED) is 0.921. The smallest absolute Gasteiger partial charge is 0.411 e. The summed E-state index contributed by atoms with van der Waals surface area (Å²) in [5.74, 6) is 0.650. The summed E-state index contributed by atoms with van der Waals surface area (Å²) in [7, 11) is 2.84. The Bertz CT molecular complexity index is 516. The molecule has 0 radical (unpaired) electrons. The summed E-state index contributed by atoms with van der Waals surface area (Å²) in [6.07, 6.45) is 1.93. The standard InChI is InChI=1S/C14H18N2O4/c1-19-12-9-10(15-14(18)20-2)6-7-11(12)16-8-4-3-5-13(16)17/h6-7,9H,3-5,8H2,1-2H3,(H,15,18). The van der Waals surface area contributed by atoms with Crippen molar-refractivity contribution in [1.29, 1.82) is 0 Å². The molecule has 0 saturated carbocycles. The van der Waals surface area contributed by atoms with Gasteiger partial charge in [-0.25, -0.2) is 4.79 Å². The lowest BCUT2D eigenvalue weighted by atomic mass is 10.1. The van der Waals surface area contributed by atoms with Crippen LogP contribution < -0.4 is 15.0 Å². The lowest BCUT2D eigenvalue weighted by molar-refractivity contribution is -0.119. The van der Waals surface area contributed by atoms with Gasteiger partial charge in [-0.1, -0.05) is 0 Å². The van der Waals surface area contributed by atoms with Gasteiger partial charge in [0.2, 0.25) is 5.91 Å². The number of hydrogen-bond acceptors (Lipinski definition) is 4. The minimum Gasteiger partial charge on any atom is -0.494 e. The molecule has 108 valence electrons. The van der Waals surface area contributed by atoms with Crippen LogP contribution in [0.2, 0.25) is 0 Å². The summed E-state index contributed by atoms with van der Waals surface area (Å²) in [4.78, 5) is 24.9. The van der Waals surface area contributed by atoms with Gasteiger partial charge in [0, 0.05) is 24.7 Å². The molecule has 6 heteroatoms. The lowest BCUT2D eigenvalue weighted by Gasteiger charge is -2.28. The molecule has 0 unspecified atom stereocenters. The van der Waals surface area contributed by atoms with E-state index in [1.165, 1.54) is 14.2 Å². The van der Waals surface area contributed by atoms with Crippen LogP contribution in [-0.2, 0) is 9.53 Å². The summed E-state index contributed by atoms with van der Waals surface area (Å²) < 4.78 is 9.85. The van der Waals surface area contributed by atoms with Gasteiger partial charge in [-0.15, -0.1) is 0 Å². The van der Waals surface area contributed by atoms with E-state index in [1.807, 2.05) is 0 Å². The minimum absolute atomic E-state index is 0.100. The average Bonchev–Trinajstić information content (AvgIpc) is 2.47. The van der Waals surface area contributed by atoms with Gasteiger partial charge < -0.3 is 14.4 Å². The molecule has 0 aliphatic carbocycles. The average molecular weight is 278 g/mol. The molecule has 1 fully saturated rings. The molecular formula is C14H18N2O4. The normalized spacial score (nSPS) is 14.9. The summed E-state index contributed by atoms with van der Waals surface area (Å²) in [5, 5.41) is 2.56. The Morgan fingerprint density at radius 1 is 1.30 bits per heavy atom. The van der Waals surface area contributed by atoms with Crippen LogP contribution in [0.5, 0.6) is 5.75 Å². The highest BCUT2D eigenvalue weighted by atomic mass is 16.5. The summed E-state index contributed by atoms with van der Waals surface area (Å²) in [6.45, 7) is 0.693. The fourth-order valence-electron chi connectivity index (χ4n) is 2.21. The number of benzene rings is 1. The van der Waals surface area contributed by atoms with Gasteiger partial charge in [0.25, 0.3) is 0 Å². The highest BCUT2D eigenvalue weighted by molar-refractivity contribution is 5.96. The molecule has 2 amide bonds. The number of amides is 2. The molecule has 0 atom stereocenters. The summed E-state index contributed by atoms with van der Waals surface area (Å²) >= 11 is 0. The second-order valence-electron chi connectivity index (χ2n) is 4.51. The molecule has 0 spiro atoms. The molecule has 1 aliphatic heterocycles. The fourth-order valence-corrected chi connectivity index (χ4v) is 2.21. The van der Waals surface area contributed by atoms with Gasteiger partial charge in [-0.3, -0.25) is 10.1 Å². The summed E-state index contributed by atoms with van der Waals surface area (Å²) in [6, 6.07) is 5.16. The van der Waals surface area contributed by atoms with E-state index in [1.54, 1.807) is 23.1 Å². The lowest BCUT2D eigenvalue weighted by Crippen LogP contribution is -2.35. The highest BCUT2D eigenvalue weighted by Crippen LogP contribution is 2.33. The Labute approximate surface area is 117 Å². The first kappa shape index (κ1) is 14.2. The van der Waals surface area contributed by atoms with Crippen molar-refractivity contribution in [2.45, 2.75) is 19.3 Å². The number of carbonyl (C=O) groups is 2. The van der Waals surface area contributed by atoms with Crippen molar-refractivity contribution in [1.82, 2.24) is 0 Å². The van der Waals surface area contributed by atoms with Gasteiger partial charge >= 0.3 is 6.09 Å². The van der Waals surface area contributed by atoms with Crippen molar-refractivity contribution in [3.05, 3.63) is 18.2 Å². The van der Waals surface area contributed by atoms with Gasteiger partial charge in [-0.2, -0.15) is 0 Å². The van der Waals surface area contributed by atoms with Crippen LogP contribution in [-0.4, -0.2) is 32.8 Å². The van der Waals surface area contributed by atoms with Crippen LogP contribution in [0.4, 0.5) is 16.2 Å². The van der Waals surface area contributed by atoms with E-state index in [9.17, 15) is 9.59 Å². The Morgan fingerprint density at radius 2 is 2.10 bits per heavy atom. The topological polar surface area (TPSA) is 67.9 Å². The highest BCUT2D eigenvalue weighted by Gasteiger charge is 2.22. The third-order valence-electron chi connectivity index (χ3n) is 3.23. The zero-order chi connectivity index (χ0) is 14.5. The van der Waals surface area contributed by atoms with Crippen molar-refractivity contribution >= 4 is 23.4 Å². The SMILES string of the molecule is COC(=O)Nc1ccc(N2CCCCC2=O)c(OC)c1. The van der Waals surface area contributed by atoms with Crippen LogP contribution in [0.15, 0.2) is 18.2 Å². The molecule has 1 N–H and O–H groups in total. The molecule has 0 aromatic heterocycles. The van der Waals surface area contributed by atoms with Gasteiger partial charge in [0.1, 0.15) is 5.75 Å². The van der Waals surface area contributed by atoms with E-state index in [-0.39, 0.29) is 5.91 Å². The van der Waals surface area contributed by atoms with E-state index in [0.29, 0.717) is 24.4 Å². The Morgan fingerprint density at radius 3 is 2.75 bits per heavy atom. The molecular weight excluding hydrogens is 260 g/mol. The first-order chi connectivity index (χ1) is 9.65. The maximum atomic E-state index is 12.0. The van der Waals surface area contributed by atoms with Crippen LogP contribution in [0, 0.1) is 0 Å². The third kappa shape index (κ3) is 3.01. The first-order valence-electron chi connectivity index (χ1n) is 6.49. The number of carbonyl (C=O) groups excluding carboxylic acids is 2. The molecule has 1 aliphatic rings. The van der Waals surface area contributed by atoms with Crippen LogP contribution in [0.3, 0.4) is 0 Å². The van der Waals surface area contributed by atoms with Crippen molar-refractivity contribution in [3.8, 4) is 5.75 Å². The molecule has 0 bridgehead atoms. The third-order valence-corrected chi connectivity index (χ3v) is 3.23. The number of methoxy groups -OCH3 is 2. The molecule has 1 aromatic rings. The predicted molar refractivity (Wildman–Crippen MR) is 75.2 cm³/mol. The maximum absolute atomic E-state index is 12.0. The van der Waals surface area contributed by atoms with Gasteiger partial charge in [0.15, 0.2) is 0 Å². The molecule has 6 nitrogen and oxygen atoms in total. The number of piperidine rings is 1. The fraction of sp³-hybridized carbons (Fsp3) is 0.429. The number of hydrogen-bond donors (Lipinski definition) is 1. The van der Waals surface area contributed by atoms with Crippen molar-refractivity contribution < 1.29 is 19.1 Å². The predicted octanol–water partition coefficient (Wildman–Crippen LogP) is 2.39. The number of nitrogens with zero attached hydrogens (tertiary/aromatic N) is 1. The van der Waals surface area contributed by atoms with Crippen LogP contribution in [0.1, 0.15) is 19.3 Å². The van der Waals surface area contributed by atoms with Crippen LogP contribution in [0.25, 0.3) is 0 Å². The van der Waals surface area contributed by atoms with Crippen molar-refractivity contribution in [3.63, 3.8) is 0 Å². The Hall–Kier alpha value is -2.24. The van der Waals surface area contributed by atoms with Crippen LogP contribution >= 0.6 is 0 Å². The van der Waals surface area contributed by atoms with Gasteiger partial charge in [0.05, 0.1) is 19.9 Å². The van der Waals surface area contributed by atoms with E-state index >= 15 is 0 Å². The van der Waals surface area contributed by atoms with E-state index in [0.717, 1.165) is 18.5 Å². The molecule has 1 saturated heterocycles. The largest absolute Gasteiger partial charge is 0.494 e. The summed E-state index contributed by atoms with van der Waals surface area (Å²) in [5.41, 5.74) is 1.29. The molecule has 20 heavy (non-hydrogen) atoms. The maximum Gasteiger partial charge on any atom is 0.411 e. The minimum atomic E-state index is -0.547. The van der Waals surface area contributed by atoms with Crippen molar-refractivity contribution in [2.24, 2.45) is 0 Å². The Kier molecular flexibility index (Phi) is 4.45. The second kappa shape index (κ2) is 6.27. The molecule has 1 heterocycles. The van der Waals surface area contributed by atoms with E-state index in [4.69, 9.17) is 4.74 Å². The zero-order valence-corrected chi connectivity index (χ0v) is 11.6. The second-order valence-corrected chi connectivity index (χ2v) is 4.51. The first-order valence-corrected chi connectivity index (χ1v) is 6.49. The number of ether oxygens (including phenoxy) is 2.